The fourth-order valence-corrected chi connectivity index (χ4v) is 4.07. The third kappa shape index (κ3) is 3.88. The minimum absolute atomic E-state index is 0.0141. The van der Waals surface area contributed by atoms with E-state index in [0.29, 0.717) is 12.5 Å². The molecule has 5 nitrogen and oxygen atoms in total. The van der Waals surface area contributed by atoms with Gasteiger partial charge in [0.1, 0.15) is 5.82 Å². The van der Waals surface area contributed by atoms with Gasteiger partial charge in [0.2, 0.25) is 0 Å². The molecule has 0 aliphatic carbocycles. The summed E-state index contributed by atoms with van der Waals surface area (Å²) in [5.74, 6) is 1.56. The number of fused-ring (bicyclic) bond motifs is 1. The summed E-state index contributed by atoms with van der Waals surface area (Å²) in [7, 11) is 0. The van der Waals surface area contributed by atoms with Crippen LogP contribution in [0.4, 0.5) is 4.79 Å². The average molecular weight is 377 g/mol. The van der Waals surface area contributed by atoms with Crippen LogP contribution in [0.5, 0.6) is 0 Å². The van der Waals surface area contributed by atoms with E-state index in [0.717, 1.165) is 41.8 Å². The van der Waals surface area contributed by atoms with Gasteiger partial charge >= 0.3 is 6.03 Å². The van der Waals surface area contributed by atoms with E-state index in [1.165, 1.54) is 0 Å². The van der Waals surface area contributed by atoms with Gasteiger partial charge in [0.05, 0.1) is 17.1 Å². The zero-order valence-electron chi connectivity index (χ0n) is 16.6. The van der Waals surface area contributed by atoms with E-state index in [1.807, 2.05) is 47.4 Å². The van der Waals surface area contributed by atoms with E-state index in [9.17, 15) is 4.79 Å². The molecule has 1 aliphatic rings. The number of aromatic nitrogens is 2. The van der Waals surface area contributed by atoms with Crippen LogP contribution in [0.25, 0.3) is 11.0 Å². The Morgan fingerprint density at radius 3 is 2.64 bits per heavy atom. The van der Waals surface area contributed by atoms with Gasteiger partial charge in [-0.1, -0.05) is 56.3 Å². The molecular formula is C23H28N4O. The Morgan fingerprint density at radius 2 is 1.89 bits per heavy atom. The number of nitrogens with one attached hydrogen (secondary N) is 2. The number of urea groups is 1. The molecule has 2 amide bonds. The third-order valence-electron chi connectivity index (χ3n) is 5.61. The molecule has 5 heteroatoms. The molecule has 3 aromatic rings. The first-order valence-electron chi connectivity index (χ1n) is 10.2. The lowest BCUT2D eigenvalue weighted by Gasteiger charge is -2.34. The third-order valence-corrected chi connectivity index (χ3v) is 5.61. The molecule has 0 spiro atoms. The van der Waals surface area contributed by atoms with Crippen molar-refractivity contribution in [3.8, 4) is 0 Å². The summed E-state index contributed by atoms with van der Waals surface area (Å²) in [6, 6.07) is 18.3. The highest BCUT2D eigenvalue weighted by Gasteiger charge is 2.28. The molecule has 2 atom stereocenters. The summed E-state index contributed by atoms with van der Waals surface area (Å²) in [5, 5.41) is 3.26. The normalized spacial score (nSPS) is 18.4. The van der Waals surface area contributed by atoms with Crippen molar-refractivity contribution in [2.75, 3.05) is 13.1 Å². The number of rotatable bonds is 4. The number of carbonyl (C=O) groups excluding carboxylic acids is 1. The fourth-order valence-electron chi connectivity index (χ4n) is 4.07. The molecule has 1 saturated heterocycles. The van der Waals surface area contributed by atoms with Gasteiger partial charge in [-0.2, -0.15) is 0 Å². The van der Waals surface area contributed by atoms with Gasteiger partial charge in [-0.25, -0.2) is 9.78 Å². The molecule has 0 saturated carbocycles. The Bertz CT molecular complexity index is 901. The SMILES string of the molecule is CC(C)C(NC(=O)N1CCCC(c2nc3ccccc3[nH]2)C1)c1ccccc1. The Kier molecular flexibility index (Phi) is 5.33. The number of aromatic amines is 1. The Hall–Kier alpha value is -2.82. The zero-order valence-corrected chi connectivity index (χ0v) is 16.6. The van der Waals surface area contributed by atoms with Gasteiger partial charge in [0.15, 0.2) is 0 Å². The molecule has 2 N–H and O–H groups in total. The lowest BCUT2D eigenvalue weighted by atomic mass is 9.95. The van der Waals surface area contributed by atoms with Crippen molar-refractivity contribution in [1.82, 2.24) is 20.2 Å². The van der Waals surface area contributed by atoms with Crippen molar-refractivity contribution in [3.05, 3.63) is 66.0 Å². The minimum Gasteiger partial charge on any atom is -0.342 e. The molecule has 1 aliphatic heterocycles. The maximum Gasteiger partial charge on any atom is 0.317 e. The summed E-state index contributed by atoms with van der Waals surface area (Å²) < 4.78 is 0. The first-order chi connectivity index (χ1) is 13.6. The number of carbonyl (C=O) groups is 1. The lowest BCUT2D eigenvalue weighted by Crippen LogP contribution is -2.47. The van der Waals surface area contributed by atoms with Gasteiger partial charge in [0.25, 0.3) is 0 Å². The van der Waals surface area contributed by atoms with Crippen LogP contribution in [-0.2, 0) is 0 Å². The maximum absolute atomic E-state index is 13.0. The summed E-state index contributed by atoms with van der Waals surface area (Å²) in [5.41, 5.74) is 3.20. The summed E-state index contributed by atoms with van der Waals surface area (Å²) in [6.07, 6.45) is 2.04. The number of nitrogens with zero attached hydrogens (tertiary/aromatic N) is 2. The molecule has 28 heavy (non-hydrogen) atoms. The molecule has 2 heterocycles. The largest absolute Gasteiger partial charge is 0.342 e. The molecule has 2 unspecified atom stereocenters. The van der Waals surface area contributed by atoms with Crippen molar-refractivity contribution in [1.29, 1.82) is 0 Å². The molecule has 0 radical (unpaired) electrons. The maximum atomic E-state index is 13.0. The molecule has 0 bridgehead atoms. The van der Waals surface area contributed by atoms with Gasteiger partial charge in [0, 0.05) is 19.0 Å². The number of amides is 2. The van der Waals surface area contributed by atoms with E-state index in [1.54, 1.807) is 0 Å². The predicted molar refractivity (Wildman–Crippen MR) is 112 cm³/mol. The first kappa shape index (κ1) is 18.5. The van der Waals surface area contributed by atoms with Gasteiger partial charge < -0.3 is 15.2 Å². The fraction of sp³-hybridized carbons (Fsp3) is 0.391. The number of likely N-dealkylation sites (tertiary alicyclic amines) is 1. The van der Waals surface area contributed by atoms with E-state index in [4.69, 9.17) is 4.98 Å². The van der Waals surface area contributed by atoms with Gasteiger partial charge in [-0.05, 0) is 36.5 Å². The molecule has 1 aromatic heterocycles. The zero-order chi connectivity index (χ0) is 19.5. The van der Waals surface area contributed by atoms with E-state index >= 15 is 0 Å². The number of hydrogen-bond acceptors (Lipinski definition) is 2. The smallest absolute Gasteiger partial charge is 0.317 e. The van der Waals surface area contributed by atoms with Crippen molar-refractivity contribution < 1.29 is 4.79 Å². The Balaban J connectivity index is 1.47. The van der Waals surface area contributed by atoms with Crippen molar-refractivity contribution in [2.24, 2.45) is 5.92 Å². The molecule has 146 valence electrons. The number of H-pyrrole nitrogens is 1. The van der Waals surface area contributed by atoms with E-state index < -0.39 is 0 Å². The highest BCUT2D eigenvalue weighted by Crippen LogP contribution is 2.28. The van der Waals surface area contributed by atoms with Crippen LogP contribution in [0.15, 0.2) is 54.6 Å². The van der Waals surface area contributed by atoms with Crippen LogP contribution >= 0.6 is 0 Å². The van der Waals surface area contributed by atoms with E-state index in [2.05, 4.69) is 36.3 Å². The minimum atomic E-state index is 0.0141. The lowest BCUT2D eigenvalue weighted by molar-refractivity contribution is 0.171. The average Bonchev–Trinajstić information content (AvgIpc) is 3.17. The van der Waals surface area contributed by atoms with Crippen LogP contribution in [0.1, 0.15) is 50.0 Å². The van der Waals surface area contributed by atoms with Gasteiger partial charge in [-0.15, -0.1) is 0 Å². The first-order valence-corrected chi connectivity index (χ1v) is 10.2. The monoisotopic (exact) mass is 376 g/mol. The van der Waals surface area contributed by atoms with Gasteiger partial charge in [-0.3, -0.25) is 0 Å². The quantitative estimate of drug-likeness (QED) is 0.684. The van der Waals surface area contributed by atoms with Crippen LogP contribution < -0.4 is 5.32 Å². The number of imidazole rings is 1. The molecular weight excluding hydrogens is 348 g/mol. The summed E-state index contributed by atoms with van der Waals surface area (Å²) >= 11 is 0. The molecule has 4 rings (SSSR count). The number of para-hydroxylation sites is 2. The highest BCUT2D eigenvalue weighted by atomic mass is 16.2. The second-order valence-corrected chi connectivity index (χ2v) is 8.01. The summed E-state index contributed by atoms with van der Waals surface area (Å²) in [6.45, 7) is 5.78. The predicted octanol–water partition coefficient (Wildman–Crippen LogP) is 4.85. The second kappa shape index (κ2) is 8.05. The van der Waals surface area contributed by atoms with E-state index in [-0.39, 0.29) is 18.0 Å². The summed E-state index contributed by atoms with van der Waals surface area (Å²) in [4.78, 5) is 23.2. The van der Waals surface area contributed by atoms with Crippen LogP contribution in [0.2, 0.25) is 0 Å². The number of hydrogen-bond donors (Lipinski definition) is 2. The Morgan fingerprint density at radius 1 is 1.14 bits per heavy atom. The van der Waals surface area contributed by atoms with Crippen molar-refractivity contribution >= 4 is 17.1 Å². The topological polar surface area (TPSA) is 61.0 Å². The Labute approximate surface area is 166 Å². The second-order valence-electron chi connectivity index (χ2n) is 8.01. The van der Waals surface area contributed by atoms with Crippen LogP contribution in [-0.4, -0.2) is 34.0 Å². The van der Waals surface area contributed by atoms with Crippen molar-refractivity contribution in [2.45, 2.75) is 38.6 Å². The number of benzene rings is 2. The van der Waals surface area contributed by atoms with Crippen LogP contribution in [0.3, 0.4) is 0 Å². The standard InChI is InChI=1S/C23H28N4O/c1-16(2)21(17-9-4-3-5-10-17)26-23(28)27-14-8-11-18(15-27)22-24-19-12-6-7-13-20(19)25-22/h3-7,9-10,12-13,16,18,21H,8,11,14-15H2,1-2H3,(H,24,25)(H,26,28). The number of piperidine rings is 1. The highest BCUT2D eigenvalue weighted by molar-refractivity contribution is 5.76. The molecule has 2 aromatic carbocycles. The molecule has 1 fully saturated rings. The van der Waals surface area contributed by atoms with Crippen molar-refractivity contribution in [3.63, 3.8) is 0 Å². The van der Waals surface area contributed by atoms with Crippen LogP contribution in [0, 0.1) is 5.92 Å².